The lowest BCUT2D eigenvalue weighted by Gasteiger charge is -2.33. The highest BCUT2D eigenvalue weighted by atomic mass is 19.4. The number of alkyl halides is 3. The molecule has 1 unspecified atom stereocenters. The molecule has 0 saturated heterocycles. The van der Waals surface area contributed by atoms with E-state index >= 15 is 0 Å². The minimum atomic E-state index is -4.46. The monoisotopic (exact) mass is 415 g/mol. The Morgan fingerprint density at radius 2 is 1.97 bits per heavy atom. The quantitative estimate of drug-likeness (QED) is 0.613. The number of aldehydes is 1. The molecule has 0 fully saturated rings. The molecule has 1 aliphatic heterocycles. The predicted octanol–water partition coefficient (Wildman–Crippen LogP) is 3.71. The third-order valence-electron chi connectivity index (χ3n) is 4.59. The number of hydrazone groups is 1. The number of halogens is 5. The number of hydrogen-bond acceptors (Lipinski definition) is 5. The van der Waals surface area contributed by atoms with Crippen LogP contribution in [0.5, 0.6) is 0 Å². The Bertz CT molecular complexity index is 917. The number of carbonyl (C=O) groups excluding carboxylic acids is 1. The number of nitrogens with zero attached hydrogens (tertiary/aromatic N) is 3. The average molecular weight is 415 g/mol. The van der Waals surface area contributed by atoms with Gasteiger partial charge in [-0.25, -0.2) is 8.78 Å². The van der Waals surface area contributed by atoms with Gasteiger partial charge in [0.15, 0.2) is 17.6 Å². The van der Waals surface area contributed by atoms with Crippen LogP contribution in [0.4, 0.5) is 22.0 Å². The van der Waals surface area contributed by atoms with E-state index in [4.69, 9.17) is 0 Å². The van der Waals surface area contributed by atoms with E-state index in [0.29, 0.717) is 11.8 Å². The molecular formula is C19H18F5N3O2. The third-order valence-corrected chi connectivity index (χ3v) is 4.59. The fraction of sp³-hybridized carbons (Fsp3) is 0.316. The zero-order valence-corrected chi connectivity index (χ0v) is 15.5. The second kappa shape index (κ2) is 8.64. The molecule has 1 aromatic carbocycles. The van der Waals surface area contributed by atoms with E-state index in [1.54, 1.807) is 0 Å². The number of aliphatic hydroxyl groups excluding tert-OH is 1. The molecule has 1 aromatic heterocycles. The average Bonchev–Trinajstić information content (AvgIpc) is 2.98. The van der Waals surface area contributed by atoms with Crippen LogP contribution in [0.1, 0.15) is 34.8 Å². The molecular weight excluding hydrogens is 397 g/mol. The van der Waals surface area contributed by atoms with Crippen LogP contribution in [-0.4, -0.2) is 45.9 Å². The molecule has 0 amide bonds. The number of rotatable bonds is 3. The maximum Gasteiger partial charge on any atom is 0.413 e. The van der Waals surface area contributed by atoms with Gasteiger partial charge in [0.05, 0.1) is 24.1 Å². The van der Waals surface area contributed by atoms with Gasteiger partial charge in [-0.2, -0.15) is 18.3 Å². The van der Waals surface area contributed by atoms with Gasteiger partial charge in [-0.3, -0.25) is 14.8 Å². The van der Waals surface area contributed by atoms with Crippen LogP contribution < -0.4 is 0 Å². The van der Waals surface area contributed by atoms with Crippen LogP contribution in [0.2, 0.25) is 0 Å². The first-order valence-electron chi connectivity index (χ1n) is 8.36. The molecule has 1 atom stereocenters. The van der Waals surface area contributed by atoms with Gasteiger partial charge < -0.3 is 5.11 Å². The van der Waals surface area contributed by atoms with Crippen LogP contribution in [0.15, 0.2) is 41.8 Å². The van der Waals surface area contributed by atoms with Crippen molar-refractivity contribution >= 4 is 12.0 Å². The Hall–Kier alpha value is -2.88. The molecule has 0 saturated carbocycles. The topological polar surface area (TPSA) is 65.8 Å². The summed E-state index contributed by atoms with van der Waals surface area (Å²) in [4.78, 5) is 13.4. The van der Waals surface area contributed by atoms with Crippen LogP contribution >= 0.6 is 0 Å². The van der Waals surface area contributed by atoms with Gasteiger partial charge in [-0.15, -0.1) is 0 Å². The molecule has 5 nitrogen and oxygen atoms in total. The van der Waals surface area contributed by atoms with Crippen LogP contribution in [0.3, 0.4) is 0 Å². The van der Waals surface area contributed by atoms with E-state index < -0.39 is 23.3 Å². The number of benzene rings is 1. The molecule has 2 aromatic rings. The Labute approximate surface area is 163 Å². The second-order valence-electron chi connectivity index (χ2n) is 6.49. The first-order valence-corrected chi connectivity index (χ1v) is 8.36. The summed E-state index contributed by atoms with van der Waals surface area (Å²) in [5, 5.41) is 13.9. The van der Waals surface area contributed by atoms with E-state index in [2.05, 4.69) is 10.1 Å². The summed E-state index contributed by atoms with van der Waals surface area (Å²) in [6.45, 7) is 0.655. The fourth-order valence-corrected chi connectivity index (χ4v) is 2.64. The first kappa shape index (κ1) is 22.4. The molecule has 3 rings (SSSR count). The molecule has 1 N–H and O–H groups in total. The molecule has 2 heterocycles. The van der Waals surface area contributed by atoms with Crippen molar-refractivity contribution in [2.75, 3.05) is 7.05 Å². The van der Waals surface area contributed by atoms with Crippen molar-refractivity contribution in [3.05, 3.63) is 65.0 Å². The van der Waals surface area contributed by atoms with Crippen molar-refractivity contribution in [3.8, 4) is 0 Å². The van der Waals surface area contributed by atoms with E-state index in [1.165, 1.54) is 25.4 Å². The highest BCUT2D eigenvalue weighted by Crippen LogP contribution is 2.42. The van der Waals surface area contributed by atoms with Gasteiger partial charge in [-0.1, -0.05) is 6.07 Å². The zero-order chi connectivity index (χ0) is 21.8. The lowest BCUT2D eigenvalue weighted by molar-refractivity contribution is -0.216. The van der Waals surface area contributed by atoms with Crippen molar-refractivity contribution in [1.29, 1.82) is 0 Å². The maximum absolute atomic E-state index is 13.3. The van der Waals surface area contributed by atoms with Gasteiger partial charge in [0.25, 0.3) is 0 Å². The van der Waals surface area contributed by atoms with Crippen molar-refractivity contribution in [2.45, 2.75) is 31.7 Å². The third kappa shape index (κ3) is 4.76. The highest BCUT2D eigenvalue weighted by Gasteiger charge is 2.57. The zero-order valence-electron chi connectivity index (χ0n) is 15.5. The van der Waals surface area contributed by atoms with Crippen molar-refractivity contribution < 1.29 is 31.9 Å². The Balaban J connectivity index is 0.000000278. The Kier molecular flexibility index (Phi) is 6.68. The van der Waals surface area contributed by atoms with Gasteiger partial charge in [0, 0.05) is 25.2 Å². The normalized spacial score (nSPS) is 18.8. The van der Waals surface area contributed by atoms with E-state index in [1.807, 2.05) is 0 Å². The lowest BCUT2D eigenvalue weighted by atomic mass is 9.91. The molecule has 1 aliphatic rings. The Morgan fingerprint density at radius 1 is 1.28 bits per heavy atom. The summed E-state index contributed by atoms with van der Waals surface area (Å²) in [6.07, 6.45) is -2.02. The smallest absolute Gasteiger partial charge is 0.392 e. The Morgan fingerprint density at radius 3 is 2.45 bits per heavy atom. The van der Waals surface area contributed by atoms with E-state index in [0.717, 1.165) is 30.3 Å². The minimum Gasteiger partial charge on any atom is -0.392 e. The summed E-state index contributed by atoms with van der Waals surface area (Å²) in [6, 6.07) is 4.91. The molecule has 0 aliphatic carbocycles. The minimum absolute atomic E-state index is 0.0463. The molecule has 10 heteroatoms. The van der Waals surface area contributed by atoms with Crippen LogP contribution in [0.25, 0.3) is 0 Å². The van der Waals surface area contributed by atoms with Crippen molar-refractivity contribution in [3.63, 3.8) is 0 Å². The summed E-state index contributed by atoms with van der Waals surface area (Å²) < 4.78 is 64.9. The number of carbonyl (C=O) groups is 1. The molecule has 156 valence electrons. The number of aliphatic hydroxyl groups is 1. The highest BCUT2D eigenvalue weighted by molar-refractivity contribution is 6.03. The molecule has 0 spiro atoms. The van der Waals surface area contributed by atoms with Gasteiger partial charge >= 0.3 is 6.18 Å². The standard InChI is InChI=1S/C13H14F4N2O.C6H4FNO/c1-12(13(15,16)17)6-11(18-19(12)2)10-5-9(14)4-3-8(10)7-20;7-6-3-8-2-1-5(6)4-9/h3-5,20H,6-7H2,1-2H3;1-4H. The summed E-state index contributed by atoms with van der Waals surface area (Å²) in [5.41, 5.74) is -1.39. The lowest BCUT2D eigenvalue weighted by Crippen LogP contribution is -2.50. The first-order chi connectivity index (χ1) is 13.5. The largest absolute Gasteiger partial charge is 0.413 e. The molecule has 29 heavy (non-hydrogen) atoms. The maximum atomic E-state index is 13.3. The van der Waals surface area contributed by atoms with Crippen molar-refractivity contribution in [2.24, 2.45) is 5.10 Å². The van der Waals surface area contributed by atoms with Gasteiger partial charge in [0.1, 0.15) is 5.82 Å². The number of pyridine rings is 1. The SMILES string of the molecule is CN1N=C(c2cc(F)ccc2CO)CC1(C)C(F)(F)F.O=Cc1ccncc1F. The van der Waals surface area contributed by atoms with Crippen LogP contribution in [0, 0.1) is 11.6 Å². The van der Waals surface area contributed by atoms with E-state index in [9.17, 15) is 31.9 Å². The van der Waals surface area contributed by atoms with Gasteiger partial charge in [-0.05, 0) is 30.7 Å². The van der Waals surface area contributed by atoms with Gasteiger partial charge in [0.2, 0.25) is 0 Å². The number of aromatic nitrogens is 1. The van der Waals surface area contributed by atoms with Crippen molar-refractivity contribution in [1.82, 2.24) is 9.99 Å². The fourth-order valence-electron chi connectivity index (χ4n) is 2.64. The van der Waals surface area contributed by atoms with E-state index in [-0.39, 0.29) is 29.9 Å². The molecule has 0 bridgehead atoms. The summed E-state index contributed by atoms with van der Waals surface area (Å²) in [5.74, 6) is -1.16. The number of hydrogen-bond donors (Lipinski definition) is 1. The predicted molar refractivity (Wildman–Crippen MR) is 95.3 cm³/mol. The van der Waals surface area contributed by atoms with Crippen LogP contribution in [-0.2, 0) is 6.61 Å². The summed E-state index contributed by atoms with van der Waals surface area (Å²) in [7, 11) is 1.23. The molecule has 0 radical (unpaired) electrons. The summed E-state index contributed by atoms with van der Waals surface area (Å²) >= 11 is 0. The second-order valence-corrected chi connectivity index (χ2v) is 6.49.